The molecular formula is C17H22N2O. The number of ether oxygens (including phenoxy) is 1. The fraction of sp³-hybridized carbons (Fsp3) is 0.294. The van der Waals surface area contributed by atoms with Crippen LogP contribution in [0.15, 0.2) is 42.5 Å². The highest BCUT2D eigenvalue weighted by molar-refractivity contribution is 5.57. The molecule has 2 aromatic rings. The van der Waals surface area contributed by atoms with Gasteiger partial charge in [0.25, 0.3) is 0 Å². The number of para-hydroxylation sites is 1. The van der Waals surface area contributed by atoms with Gasteiger partial charge in [0, 0.05) is 24.5 Å². The van der Waals surface area contributed by atoms with Crippen molar-refractivity contribution in [3.63, 3.8) is 0 Å². The predicted molar refractivity (Wildman–Crippen MR) is 85.3 cm³/mol. The van der Waals surface area contributed by atoms with Gasteiger partial charge in [-0.25, -0.2) is 0 Å². The number of nitrogen functional groups attached to an aromatic ring is 1. The fourth-order valence-electron chi connectivity index (χ4n) is 2.34. The Hall–Kier alpha value is -2.16. The standard InChI is InChI=1S/C17H22N2O/c1-4-19(17-8-6-5-7-13(17)2)12-14-11-15(20-3)9-10-16(14)18/h5-11H,4,12,18H2,1-3H3. The van der Waals surface area contributed by atoms with Gasteiger partial charge in [0.05, 0.1) is 7.11 Å². The third-order valence-corrected chi connectivity index (χ3v) is 3.55. The van der Waals surface area contributed by atoms with Crippen LogP contribution in [0.2, 0.25) is 0 Å². The van der Waals surface area contributed by atoms with Gasteiger partial charge in [-0.05, 0) is 49.2 Å². The summed E-state index contributed by atoms with van der Waals surface area (Å²) in [5.74, 6) is 0.843. The Labute approximate surface area is 121 Å². The summed E-state index contributed by atoms with van der Waals surface area (Å²) in [6.45, 7) is 6.00. The average molecular weight is 270 g/mol. The van der Waals surface area contributed by atoms with Crippen molar-refractivity contribution in [1.29, 1.82) is 0 Å². The molecule has 0 atom stereocenters. The fourth-order valence-corrected chi connectivity index (χ4v) is 2.34. The molecule has 0 amide bonds. The van der Waals surface area contributed by atoms with Gasteiger partial charge in [-0.1, -0.05) is 18.2 Å². The minimum atomic E-state index is 0.782. The molecule has 0 aliphatic rings. The monoisotopic (exact) mass is 270 g/mol. The first-order valence-electron chi connectivity index (χ1n) is 6.88. The van der Waals surface area contributed by atoms with Crippen LogP contribution in [0.3, 0.4) is 0 Å². The van der Waals surface area contributed by atoms with Crippen LogP contribution in [-0.4, -0.2) is 13.7 Å². The highest BCUT2D eigenvalue weighted by Gasteiger charge is 2.10. The molecule has 0 saturated heterocycles. The molecule has 0 aromatic heterocycles. The molecule has 0 fully saturated rings. The Morgan fingerprint density at radius 3 is 2.55 bits per heavy atom. The number of rotatable bonds is 5. The van der Waals surface area contributed by atoms with E-state index in [9.17, 15) is 0 Å². The molecule has 0 bridgehead atoms. The minimum Gasteiger partial charge on any atom is -0.497 e. The Balaban J connectivity index is 2.29. The summed E-state index contributed by atoms with van der Waals surface area (Å²) < 4.78 is 5.28. The van der Waals surface area contributed by atoms with Crippen LogP contribution in [0.5, 0.6) is 5.75 Å². The van der Waals surface area contributed by atoms with Crippen molar-refractivity contribution in [2.75, 3.05) is 24.3 Å². The van der Waals surface area contributed by atoms with Crippen molar-refractivity contribution in [1.82, 2.24) is 0 Å². The summed E-state index contributed by atoms with van der Waals surface area (Å²) in [4.78, 5) is 2.32. The summed E-state index contributed by atoms with van der Waals surface area (Å²) in [7, 11) is 1.67. The van der Waals surface area contributed by atoms with E-state index in [1.165, 1.54) is 11.3 Å². The number of hydrogen-bond donors (Lipinski definition) is 1. The average Bonchev–Trinajstić information content (AvgIpc) is 2.47. The van der Waals surface area contributed by atoms with Crippen LogP contribution in [-0.2, 0) is 6.54 Å². The summed E-state index contributed by atoms with van der Waals surface area (Å²) in [5.41, 5.74) is 10.5. The van der Waals surface area contributed by atoms with Crippen LogP contribution < -0.4 is 15.4 Å². The minimum absolute atomic E-state index is 0.782. The van der Waals surface area contributed by atoms with Gasteiger partial charge in [-0.2, -0.15) is 0 Å². The summed E-state index contributed by atoms with van der Waals surface area (Å²) in [5, 5.41) is 0. The van der Waals surface area contributed by atoms with E-state index in [4.69, 9.17) is 10.5 Å². The molecule has 20 heavy (non-hydrogen) atoms. The molecule has 3 nitrogen and oxygen atoms in total. The molecule has 2 rings (SSSR count). The van der Waals surface area contributed by atoms with Gasteiger partial charge < -0.3 is 15.4 Å². The van der Waals surface area contributed by atoms with Crippen LogP contribution >= 0.6 is 0 Å². The second-order valence-electron chi connectivity index (χ2n) is 4.87. The summed E-state index contributed by atoms with van der Waals surface area (Å²) in [6.07, 6.45) is 0. The van der Waals surface area contributed by atoms with E-state index in [0.717, 1.165) is 30.1 Å². The highest BCUT2D eigenvalue weighted by atomic mass is 16.5. The van der Waals surface area contributed by atoms with Crippen molar-refractivity contribution < 1.29 is 4.74 Å². The summed E-state index contributed by atoms with van der Waals surface area (Å²) in [6, 6.07) is 14.2. The van der Waals surface area contributed by atoms with Crippen molar-refractivity contribution >= 4 is 11.4 Å². The van der Waals surface area contributed by atoms with Gasteiger partial charge in [-0.15, -0.1) is 0 Å². The summed E-state index contributed by atoms with van der Waals surface area (Å²) >= 11 is 0. The van der Waals surface area contributed by atoms with Crippen LogP contribution in [0.25, 0.3) is 0 Å². The van der Waals surface area contributed by atoms with E-state index in [0.29, 0.717) is 0 Å². The lowest BCUT2D eigenvalue weighted by atomic mass is 10.1. The van der Waals surface area contributed by atoms with Gasteiger partial charge in [-0.3, -0.25) is 0 Å². The lowest BCUT2D eigenvalue weighted by molar-refractivity contribution is 0.414. The zero-order chi connectivity index (χ0) is 14.5. The van der Waals surface area contributed by atoms with Gasteiger partial charge >= 0.3 is 0 Å². The van der Waals surface area contributed by atoms with Crippen LogP contribution in [0.1, 0.15) is 18.1 Å². The van der Waals surface area contributed by atoms with E-state index >= 15 is 0 Å². The Bertz CT molecular complexity index is 581. The Morgan fingerprint density at radius 1 is 1.15 bits per heavy atom. The van der Waals surface area contributed by atoms with E-state index in [2.05, 4.69) is 43.0 Å². The van der Waals surface area contributed by atoms with Crippen molar-refractivity contribution in [2.24, 2.45) is 0 Å². The molecular weight excluding hydrogens is 248 g/mol. The van der Waals surface area contributed by atoms with Gasteiger partial charge in [0.1, 0.15) is 5.75 Å². The molecule has 0 saturated carbocycles. The number of benzene rings is 2. The molecule has 3 heteroatoms. The van der Waals surface area contributed by atoms with E-state index in [1.807, 2.05) is 18.2 Å². The molecule has 0 aliphatic heterocycles. The smallest absolute Gasteiger partial charge is 0.119 e. The topological polar surface area (TPSA) is 38.5 Å². The number of nitrogens with zero attached hydrogens (tertiary/aromatic N) is 1. The zero-order valence-corrected chi connectivity index (χ0v) is 12.4. The van der Waals surface area contributed by atoms with Crippen LogP contribution in [0.4, 0.5) is 11.4 Å². The van der Waals surface area contributed by atoms with E-state index in [1.54, 1.807) is 7.11 Å². The Kier molecular flexibility index (Phi) is 4.51. The van der Waals surface area contributed by atoms with E-state index < -0.39 is 0 Å². The zero-order valence-electron chi connectivity index (χ0n) is 12.4. The third kappa shape index (κ3) is 3.05. The second-order valence-corrected chi connectivity index (χ2v) is 4.87. The quantitative estimate of drug-likeness (QED) is 0.843. The molecule has 0 heterocycles. The number of methoxy groups -OCH3 is 1. The maximum absolute atomic E-state index is 6.08. The first-order valence-corrected chi connectivity index (χ1v) is 6.88. The van der Waals surface area contributed by atoms with Crippen molar-refractivity contribution in [2.45, 2.75) is 20.4 Å². The van der Waals surface area contributed by atoms with Crippen LogP contribution in [0, 0.1) is 6.92 Å². The first kappa shape index (κ1) is 14.3. The highest BCUT2D eigenvalue weighted by Crippen LogP contribution is 2.25. The lowest BCUT2D eigenvalue weighted by Gasteiger charge is -2.25. The third-order valence-electron chi connectivity index (χ3n) is 3.55. The largest absolute Gasteiger partial charge is 0.497 e. The van der Waals surface area contributed by atoms with Crippen molar-refractivity contribution in [3.05, 3.63) is 53.6 Å². The second kappa shape index (κ2) is 6.33. The molecule has 0 aliphatic carbocycles. The first-order chi connectivity index (χ1) is 9.65. The Morgan fingerprint density at radius 2 is 1.90 bits per heavy atom. The maximum atomic E-state index is 6.08. The number of nitrogens with two attached hydrogens (primary N) is 1. The molecule has 2 N–H and O–H groups in total. The van der Waals surface area contributed by atoms with Crippen molar-refractivity contribution in [3.8, 4) is 5.75 Å². The number of anilines is 2. The SMILES string of the molecule is CCN(Cc1cc(OC)ccc1N)c1ccccc1C. The molecule has 106 valence electrons. The van der Waals surface area contributed by atoms with Gasteiger partial charge in [0.2, 0.25) is 0 Å². The molecule has 0 spiro atoms. The molecule has 2 aromatic carbocycles. The predicted octanol–water partition coefficient (Wildman–Crippen LogP) is 3.61. The van der Waals surface area contributed by atoms with E-state index in [-0.39, 0.29) is 0 Å². The number of hydrogen-bond acceptors (Lipinski definition) is 3. The molecule has 0 unspecified atom stereocenters. The normalized spacial score (nSPS) is 10.3. The number of aryl methyl sites for hydroxylation is 1. The maximum Gasteiger partial charge on any atom is 0.119 e. The van der Waals surface area contributed by atoms with Gasteiger partial charge in [0.15, 0.2) is 0 Å². The lowest BCUT2D eigenvalue weighted by Crippen LogP contribution is -2.23. The molecule has 0 radical (unpaired) electrons.